The van der Waals surface area contributed by atoms with Gasteiger partial charge in [-0.3, -0.25) is 4.79 Å². The van der Waals surface area contributed by atoms with E-state index in [9.17, 15) is 4.79 Å². The van der Waals surface area contributed by atoms with Crippen LogP contribution < -0.4 is 5.32 Å². The van der Waals surface area contributed by atoms with Crippen molar-refractivity contribution in [2.45, 2.75) is 27.2 Å². The topological polar surface area (TPSA) is 58.1 Å². The van der Waals surface area contributed by atoms with Crippen LogP contribution in [0, 0.1) is 6.92 Å². The average molecular weight is 312 g/mol. The quantitative estimate of drug-likeness (QED) is 0.854. The minimum absolute atomic E-state index is 0.0494. The molecule has 0 bridgehead atoms. The van der Waals surface area contributed by atoms with Crippen molar-refractivity contribution in [3.63, 3.8) is 0 Å². The Kier molecular flexibility index (Phi) is 6.09. The largest absolute Gasteiger partial charge is 0.354 e. The lowest BCUT2D eigenvalue weighted by Gasteiger charge is -2.18. The second-order valence-electron chi connectivity index (χ2n) is 5.36. The van der Waals surface area contributed by atoms with Crippen LogP contribution >= 0.6 is 0 Å². The van der Waals surface area contributed by atoms with Crippen LogP contribution in [-0.4, -0.2) is 40.4 Å². The van der Waals surface area contributed by atoms with Crippen LogP contribution in [0.2, 0.25) is 0 Å². The van der Waals surface area contributed by atoms with Crippen molar-refractivity contribution in [3.05, 3.63) is 53.3 Å². The van der Waals surface area contributed by atoms with Crippen LogP contribution in [-0.2, 0) is 6.42 Å². The third kappa shape index (κ3) is 4.77. The Morgan fingerprint density at radius 3 is 2.48 bits per heavy atom. The number of carbonyl (C=O) groups is 1. The van der Waals surface area contributed by atoms with Gasteiger partial charge >= 0.3 is 0 Å². The van der Waals surface area contributed by atoms with E-state index in [0.29, 0.717) is 24.7 Å². The number of nitrogens with zero attached hydrogens (tertiary/aromatic N) is 3. The van der Waals surface area contributed by atoms with Crippen LogP contribution in [0.15, 0.2) is 36.4 Å². The molecule has 0 aliphatic heterocycles. The summed E-state index contributed by atoms with van der Waals surface area (Å²) in [5.41, 5.74) is 2.49. The molecule has 1 aromatic heterocycles. The molecule has 2 aromatic rings. The number of carbonyl (C=O) groups excluding carboxylic acids is 1. The summed E-state index contributed by atoms with van der Waals surface area (Å²) in [7, 11) is 0. The molecule has 2 rings (SSSR count). The van der Waals surface area contributed by atoms with Gasteiger partial charge in [-0.1, -0.05) is 30.3 Å². The third-order valence-electron chi connectivity index (χ3n) is 3.66. The summed E-state index contributed by atoms with van der Waals surface area (Å²) in [4.78, 5) is 22.9. The molecule has 0 aliphatic rings. The van der Waals surface area contributed by atoms with E-state index < -0.39 is 0 Å². The number of benzene rings is 1. The molecule has 1 amide bonds. The van der Waals surface area contributed by atoms with Crippen molar-refractivity contribution in [3.8, 4) is 0 Å². The molecule has 0 saturated heterocycles. The Bertz CT molecular complexity index is 639. The van der Waals surface area contributed by atoms with E-state index in [1.165, 1.54) is 5.56 Å². The van der Waals surface area contributed by atoms with E-state index in [0.717, 1.165) is 18.7 Å². The van der Waals surface area contributed by atoms with E-state index in [-0.39, 0.29) is 5.91 Å². The van der Waals surface area contributed by atoms with Crippen molar-refractivity contribution < 1.29 is 4.79 Å². The summed E-state index contributed by atoms with van der Waals surface area (Å²) in [6.45, 7) is 7.89. The highest BCUT2D eigenvalue weighted by Gasteiger charge is 2.15. The first kappa shape index (κ1) is 16.9. The first-order valence-corrected chi connectivity index (χ1v) is 8.06. The summed E-state index contributed by atoms with van der Waals surface area (Å²) >= 11 is 0. The van der Waals surface area contributed by atoms with Crippen LogP contribution in [0.5, 0.6) is 0 Å². The van der Waals surface area contributed by atoms with E-state index in [1.807, 2.05) is 39.0 Å². The van der Waals surface area contributed by atoms with E-state index in [1.54, 1.807) is 11.0 Å². The SMILES string of the molecule is CCN(CC)C(=O)c1cc(C)nc(NCCc2ccccc2)n1. The Hall–Kier alpha value is -2.43. The Labute approximate surface area is 137 Å². The molecule has 23 heavy (non-hydrogen) atoms. The normalized spacial score (nSPS) is 10.4. The number of amides is 1. The molecule has 0 atom stereocenters. The molecule has 1 aromatic carbocycles. The van der Waals surface area contributed by atoms with Crippen molar-refractivity contribution in [2.24, 2.45) is 0 Å². The van der Waals surface area contributed by atoms with E-state index in [4.69, 9.17) is 0 Å². The molecule has 0 radical (unpaired) electrons. The van der Waals surface area contributed by atoms with Gasteiger partial charge in [-0.15, -0.1) is 0 Å². The Morgan fingerprint density at radius 2 is 1.83 bits per heavy atom. The number of rotatable bonds is 7. The minimum atomic E-state index is -0.0494. The zero-order valence-corrected chi connectivity index (χ0v) is 14.0. The lowest BCUT2D eigenvalue weighted by Crippen LogP contribution is -2.31. The zero-order valence-electron chi connectivity index (χ0n) is 14.0. The predicted molar refractivity (Wildman–Crippen MR) is 92.7 cm³/mol. The number of hydrogen-bond acceptors (Lipinski definition) is 4. The highest BCUT2D eigenvalue weighted by molar-refractivity contribution is 5.92. The van der Waals surface area contributed by atoms with Gasteiger partial charge in [0.1, 0.15) is 5.69 Å². The number of anilines is 1. The molecule has 5 nitrogen and oxygen atoms in total. The fourth-order valence-electron chi connectivity index (χ4n) is 2.39. The first-order valence-electron chi connectivity index (χ1n) is 8.06. The van der Waals surface area contributed by atoms with Crippen LogP contribution in [0.25, 0.3) is 0 Å². The van der Waals surface area contributed by atoms with Crippen molar-refractivity contribution in [1.82, 2.24) is 14.9 Å². The zero-order chi connectivity index (χ0) is 16.7. The lowest BCUT2D eigenvalue weighted by atomic mass is 10.1. The fraction of sp³-hybridized carbons (Fsp3) is 0.389. The molecule has 122 valence electrons. The number of nitrogens with one attached hydrogen (secondary N) is 1. The van der Waals surface area contributed by atoms with E-state index in [2.05, 4.69) is 27.4 Å². The highest BCUT2D eigenvalue weighted by atomic mass is 16.2. The summed E-state index contributed by atoms with van der Waals surface area (Å²) in [5.74, 6) is 0.461. The van der Waals surface area contributed by atoms with Gasteiger partial charge < -0.3 is 10.2 Å². The second kappa shape index (κ2) is 8.27. The molecule has 1 heterocycles. The van der Waals surface area contributed by atoms with Gasteiger partial charge in [0.2, 0.25) is 5.95 Å². The standard InChI is InChI=1S/C18H24N4O/c1-4-22(5-2)17(23)16-13-14(3)20-18(21-16)19-12-11-15-9-7-6-8-10-15/h6-10,13H,4-5,11-12H2,1-3H3,(H,19,20,21). The molecule has 0 spiro atoms. The maximum Gasteiger partial charge on any atom is 0.272 e. The van der Waals surface area contributed by atoms with Gasteiger partial charge in [-0.2, -0.15) is 0 Å². The molecular formula is C18H24N4O. The molecule has 5 heteroatoms. The summed E-state index contributed by atoms with van der Waals surface area (Å²) in [5, 5.41) is 3.21. The van der Waals surface area contributed by atoms with Gasteiger partial charge in [-0.05, 0) is 38.8 Å². The monoisotopic (exact) mass is 312 g/mol. The van der Waals surface area contributed by atoms with Crippen LogP contribution in [0.4, 0.5) is 5.95 Å². The van der Waals surface area contributed by atoms with Gasteiger partial charge in [0, 0.05) is 25.3 Å². The number of aryl methyl sites for hydroxylation is 1. The van der Waals surface area contributed by atoms with Crippen LogP contribution in [0.1, 0.15) is 35.6 Å². The van der Waals surface area contributed by atoms with Crippen molar-refractivity contribution >= 4 is 11.9 Å². The molecule has 0 fully saturated rings. The van der Waals surface area contributed by atoms with Gasteiger partial charge in [0.15, 0.2) is 0 Å². The minimum Gasteiger partial charge on any atom is -0.354 e. The van der Waals surface area contributed by atoms with E-state index >= 15 is 0 Å². The molecule has 0 unspecified atom stereocenters. The smallest absolute Gasteiger partial charge is 0.272 e. The molecule has 0 saturated carbocycles. The summed E-state index contributed by atoms with van der Waals surface area (Å²) in [6.07, 6.45) is 0.886. The first-order chi connectivity index (χ1) is 11.1. The van der Waals surface area contributed by atoms with Gasteiger partial charge in [-0.25, -0.2) is 9.97 Å². The third-order valence-corrected chi connectivity index (χ3v) is 3.66. The van der Waals surface area contributed by atoms with Crippen LogP contribution in [0.3, 0.4) is 0 Å². The van der Waals surface area contributed by atoms with Crippen molar-refractivity contribution in [2.75, 3.05) is 25.0 Å². The Morgan fingerprint density at radius 1 is 1.13 bits per heavy atom. The average Bonchev–Trinajstić information content (AvgIpc) is 2.56. The molecule has 0 aliphatic carbocycles. The molecular weight excluding hydrogens is 288 g/mol. The maximum atomic E-state index is 12.4. The number of aromatic nitrogens is 2. The fourth-order valence-corrected chi connectivity index (χ4v) is 2.39. The predicted octanol–water partition coefficient (Wildman–Crippen LogP) is 2.92. The molecule has 1 N–H and O–H groups in total. The number of hydrogen-bond donors (Lipinski definition) is 1. The van der Waals surface area contributed by atoms with Crippen molar-refractivity contribution in [1.29, 1.82) is 0 Å². The van der Waals surface area contributed by atoms with Gasteiger partial charge in [0.25, 0.3) is 5.91 Å². The second-order valence-corrected chi connectivity index (χ2v) is 5.36. The van der Waals surface area contributed by atoms with Gasteiger partial charge in [0.05, 0.1) is 0 Å². The Balaban J connectivity index is 2.03. The highest BCUT2D eigenvalue weighted by Crippen LogP contribution is 2.09. The maximum absolute atomic E-state index is 12.4. The summed E-state index contributed by atoms with van der Waals surface area (Å²) in [6, 6.07) is 12.0. The lowest BCUT2D eigenvalue weighted by molar-refractivity contribution is 0.0767. The summed E-state index contributed by atoms with van der Waals surface area (Å²) < 4.78 is 0.